The van der Waals surface area contributed by atoms with Crippen LogP contribution < -0.4 is 4.90 Å². The lowest BCUT2D eigenvalue weighted by molar-refractivity contribution is 0.251. The average Bonchev–Trinajstić information content (AvgIpc) is 3.22. The minimum absolute atomic E-state index is 0.632. The summed E-state index contributed by atoms with van der Waals surface area (Å²) >= 11 is 1.81. The lowest BCUT2D eigenvalue weighted by Gasteiger charge is -2.34. The van der Waals surface area contributed by atoms with Gasteiger partial charge < -0.3 is 4.90 Å². The van der Waals surface area contributed by atoms with Crippen molar-refractivity contribution in [2.45, 2.75) is 6.54 Å². The van der Waals surface area contributed by atoms with E-state index in [0.29, 0.717) is 5.69 Å². The molecular weight excluding hydrogens is 306 g/mol. The van der Waals surface area contributed by atoms with Crippen LogP contribution in [0.25, 0.3) is 5.65 Å². The molecular formula is C17H17N5S. The molecule has 6 heteroatoms. The summed E-state index contributed by atoms with van der Waals surface area (Å²) in [5, 5.41) is 11.6. The molecule has 0 N–H and O–H groups in total. The largest absolute Gasteiger partial charge is 0.352 e. The van der Waals surface area contributed by atoms with Crippen molar-refractivity contribution in [2.24, 2.45) is 0 Å². The fourth-order valence-electron chi connectivity index (χ4n) is 3.05. The van der Waals surface area contributed by atoms with Gasteiger partial charge in [0.15, 0.2) is 11.5 Å². The molecule has 1 aliphatic heterocycles. The summed E-state index contributed by atoms with van der Waals surface area (Å²) in [5.74, 6) is 0.814. The second-order valence-electron chi connectivity index (χ2n) is 5.67. The topological polar surface area (TPSA) is 47.6 Å². The molecule has 1 aliphatic rings. The van der Waals surface area contributed by atoms with Gasteiger partial charge in [-0.15, -0.1) is 11.3 Å². The maximum absolute atomic E-state index is 9.51. The van der Waals surface area contributed by atoms with E-state index in [-0.39, 0.29) is 0 Å². The third-order valence-corrected chi connectivity index (χ3v) is 5.11. The maximum atomic E-state index is 9.51. The number of thiophene rings is 1. The van der Waals surface area contributed by atoms with Gasteiger partial charge in [0.25, 0.3) is 0 Å². The Kier molecular flexibility index (Phi) is 3.74. The highest BCUT2D eigenvalue weighted by molar-refractivity contribution is 7.09. The van der Waals surface area contributed by atoms with Gasteiger partial charge in [-0.3, -0.25) is 9.30 Å². The number of pyridine rings is 1. The smallest absolute Gasteiger partial charge is 0.169 e. The molecule has 0 spiro atoms. The van der Waals surface area contributed by atoms with Gasteiger partial charge in [0.2, 0.25) is 0 Å². The van der Waals surface area contributed by atoms with Crippen molar-refractivity contribution in [2.75, 3.05) is 31.1 Å². The van der Waals surface area contributed by atoms with Crippen molar-refractivity contribution < 1.29 is 0 Å². The van der Waals surface area contributed by atoms with E-state index in [0.717, 1.165) is 44.2 Å². The Bertz CT molecular complexity index is 838. The Balaban J connectivity index is 1.51. The first kappa shape index (κ1) is 14.2. The van der Waals surface area contributed by atoms with Crippen molar-refractivity contribution in [1.82, 2.24) is 14.3 Å². The van der Waals surface area contributed by atoms with Crippen molar-refractivity contribution in [3.05, 3.63) is 52.5 Å². The zero-order valence-corrected chi connectivity index (χ0v) is 13.5. The Morgan fingerprint density at radius 1 is 1.13 bits per heavy atom. The molecule has 0 unspecified atom stereocenters. The zero-order chi connectivity index (χ0) is 15.6. The van der Waals surface area contributed by atoms with E-state index in [1.807, 2.05) is 40.1 Å². The van der Waals surface area contributed by atoms with Gasteiger partial charge in [-0.05, 0) is 23.6 Å². The lowest BCUT2D eigenvalue weighted by atomic mass is 10.3. The van der Waals surface area contributed by atoms with Gasteiger partial charge in [-0.2, -0.15) is 5.26 Å². The fourth-order valence-corrected chi connectivity index (χ4v) is 3.79. The summed E-state index contributed by atoms with van der Waals surface area (Å²) in [6.45, 7) is 4.82. The first-order chi connectivity index (χ1) is 11.3. The van der Waals surface area contributed by atoms with E-state index in [9.17, 15) is 5.26 Å². The summed E-state index contributed by atoms with van der Waals surface area (Å²) in [6.07, 6.45) is 1.90. The van der Waals surface area contributed by atoms with Crippen LogP contribution in [0.2, 0.25) is 0 Å². The summed E-state index contributed by atoms with van der Waals surface area (Å²) in [4.78, 5) is 10.8. The molecule has 116 valence electrons. The highest BCUT2D eigenvalue weighted by Gasteiger charge is 2.23. The van der Waals surface area contributed by atoms with Crippen LogP contribution >= 0.6 is 11.3 Å². The Morgan fingerprint density at radius 3 is 2.74 bits per heavy atom. The van der Waals surface area contributed by atoms with Crippen molar-refractivity contribution >= 4 is 22.8 Å². The van der Waals surface area contributed by atoms with Crippen LogP contribution in [-0.2, 0) is 6.54 Å². The molecule has 3 aromatic rings. The molecule has 1 fully saturated rings. The number of nitriles is 1. The van der Waals surface area contributed by atoms with Crippen molar-refractivity contribution in [1.29, 1.82) is 5.26 Å². The highest BCUT2D eigenvalue weighted by Crippen LogP contribution is 2.23. The number of imidazole rings is 1. The number of hydrogen-bond acceptors (Lipinski definition) is 5. The third kappa shape index (κ3) is 2.69. The minimum atomic E-state index is 0.632. The zero-order valence-electron chi connectivity index (χ0n) is 12.7. The maximum Gasteiger partial charge on any atom is 0.169 e. The lowest BCUT2D eigenvalue weighted by Crippen LogP contribution is -2.46. The summed E-state index contributed by atoms with van der Waals surface area (Å²) in [5.41, 5.74) is 1.47. The van der Waals surface area contributed by atoms with Gasteiger partial charge in [-0.1, -0.05) is 12.1 Å². The molecule has 23 heavy (non-hydrogen) atoms. The second-order valence-corrected chi connectivity index (χ2v) is 6.70. The molecule has 4 heterocycles. The second kappa shape index (κ2) is 6.03. The summed E-state index contributed by atoms with van der Waals surface area (Å²) < 4.78 is 1.87. The number of hydrogen-bond donors (Lipinski definition) is 0. The van der Waals surface area contributed by atoms with E-state index in [1.165, 1.54) is 4.88 Å². The van der Waals surface area contributed by atoms with Crippen LogP contribution in [0.4, 0.5) is 5.82 Å². The molecule has 1 saturated heterocycles. The molecule has 0 aromatic carbocycles. The van der Waals surface area contributed by atoms with Crippen LogP contribution in [0.15, 0.2) is 41.9 Å². The number of aromatic nitrogens is 2. The Morgan fingerprint density at radius 2 is 2.00 bits per heavy atom. The van der Waals surface area contributed by atoms with Gasteiger partial charge in [0.05, 0.1) is 0 Å². The van der Waals surface area contributed by atoms with E-state index in [2.05, 4.69) is 38.4 Å². The Labute approximate surface area is 139 Å². The van der Waals surface area contributed by atoms with E-state index in [4.69, 9.17) is 0 Å². The van der Waals surface area contributed by atoms with Crippen LogP contribution in [0.3, 0.4) is 0 Å². The third-order valence-electron chi connectivity index (χ3n) is 4.25. The SMILES string of the molecule is N#Cc1c(N2CCN(Cc3cccs3)CC2)nc2ccccn12. The van der Waals surface area contributed by atoms with Gasteiger partial charge >= 0.3 is 0 Å². The minimum Gasteiger partial charge on any atom is -0.352 e. The standard InChI is InChI=1S/C17H17N5S/c18-12-15-17(19-16-5-1-2-6-22(15)16)21-9-7-20(8-10-21)13-14-4-3-11-23-14/h1-6,11H,7-10,13H2. The first-order valence-corrected chi connectivity index (χ1v) is 8.60. The molecule has 0 bridgehead atoms. The quantitative estimate of drug-likeness (QED) is 0.743. The predicted molar refractivity (Wildman–Crippen MR) is 91.7 cm³/mol. The average molecular weight is 323 g/mol. The van der Waals surface area contributed by atoms with Crippen molar-refractivity contribution in [3.8, 4) is 6.07 Å². The van der Waals surface area contributed by atoms with Crippen LogP contribution in [-0.4, -0.2) is 40.5 Å². The van der Waals surface area contributed by atoms with E-state index >= 15 is 0 Å². The van der Waals surface area contributed by atoms with E-state index < -0.39 is 0 Å². The fraction of sp³-hybridized carbons (Fsp3) is 0.294. The van der Waals surface area contributed by atoms with Crippen LogP contribution in [0.5, 0.6) is 0 Å². The Hall–Kier alpha value is -2.36. The molecule has 0 aliphatic carbocycles. The van der Waals surface area contributed by atoms with Gasteiger partial charge in [-0.25, -0.2) is 4.98 Å². The normalized spacial score (nSPS) is 15.9. The number of rotatable bonds is 3. The molecule has 0 radical (unpaired) electrons. The number of nitrogens with zero attached hydrogens (tertiary/aromatic N) is 5. The highest BCUT2D eigenvalue weighted by atomic mass is 32.1. The van der Waals surface area contributed by atoms with Crippen molar-refractivity contribution in [3.63, 3.8) is 0 Å². The van der Waals surface area contributed by atoms with Crippen LogP contribution in [0, 0.1) is 11.3 Å². The summed E-state index contributed by atoms with van der Waals surface area (Å²) in [7, 11) is 0. The molecule has 0 saturated carbocycles. The number of anilines is 1. The molecule has 4 rings (SSSR count). The molecule has 0 amide bonds. The number of piperazine rings is 1. The van der Waals surface area contributed by atoms with Crippen LogP contribution in [0.1, 0.15) is 10.6 Å². The number of fused-ring (bicyclic) bond motifs is 1. The van der Waals surface area contributed by atoms with Gasteiger partial charge in [0, 0.05) is 43.8 Å². The molecule has 3 aromatic heterocycles. The summed E-state index contributed by atoms with van der Waals surface area (Å²) in [6, 6.07) is 12.4. The monoisotopic (exact) mass is 323 g/mol. The van der Waals surface area contributed by atoms with Gasteiger partial charge in [0.1, 0.15) is 11.7 Å². The molecule has 0 atom stereocenters. The predicted octanol–water partition coefficient (Wildman–Crippen LogP) is 2.59. The molecule has 5 nitrogen and oxygen atoms in total. The first-order valence-electron chi connectivity index (χ1n) is 7.72. The van der Waals surface area contributed by atoms with E-state index in [1.54, 1.807) is 0 Å².